The molecule has 6 heteroatoms. The van der Waals surface area contributed by atoms with Crippen molar-refractivity contribution in [3.63, 3.8) is 0 Å². The molecule has 1 heterocycles. The highest BCUT2D eigenvalue weighted by molar-refractivity contribution is 5.02. The van der Waals surface area contributed by atoms with Gasteiger partial charge in [0.1, 0.15) is 0 Å². The third-order valence-corrected chi connectivity index (χ3v) is 6.19. The molecule has 1 rings (SSSR count). The van der Waals surface area contributed by atoms with Crippen molar-refractivity contribution >= 4 is 0 Å². The molecule has 0 unspecified atom stereocenters. The van der Waals surface area contributed by atoms with Crippen molar-refractivity contribution in [2.24, 2.45) is 11.5 Å². The molecule has 1 aliphatic rings. The van der Waals surface area contributed by atoms with Gasteiger partial charge in [-0.2, -0.15) is 0 Å². The minimum atomic E-state index is 0.315. The van der Waals surface area contributed by atoms with Gasteiger partial charge in [0.05, 0.1) is 0 Å². The molecule has 1 fully saturated rings. The van der Waals surface area contributed by atoms with Crippen LogP contribution in [0.1, 0.15) is 106 Å². The van der Waals surface area contributed by atoms with Crippen LogP contribution in [-0.4, -0.2) is 55.1 Å². The van der Waals surface area contributed by atoms with E-state index in [4.69, 9.17) is 11.5 Å². The van der Waals surface area contributed by atoms with E-state index in [0.717, 1.165) is 0 Å². The number of nitrogens with two attached hydrogens (primary N) is 2. The van der Waals surface area contributed by atoms with Crippen molar-refractivity contribution in [2.45, 2.75) is 123 Å². The Morgan fingerprint density at radius 1 is 0.767 bits per heavy atom. The predicted molar refractivity (Wildman–Crippen MR) is 133 cm³/mol. The average molecular weight is 429 g/mol. The molecule has 182 valence electrons. The summed E-state index contributed by atoms with van der Waals surface area (Å²) in [5.41, 5.74) is 10.8. The van der Waals surface area contributed by atoms with E-state index in [-0.39, 0.29) is 0 Å². The van der Waals surface area contributed by atoms with E-state index >= 15 is 0 Å². The van der Waals surface area contributed by atoms with Crippen LogP contribution >= 0.6 is 0 Å². The number of piperidine rings is 1. The standard InChI is InChI=1S/C21H44N2.C3H12N4/c1-7-9-11-12-13-14-16-23-20(3,4)17-19(18-21(23,5)6)22-15-10-8-2;4-1-6-3-7-2-5/h19,22H,7-18H2,1-6H3;6-7H,1-5H2. The largest absolute Gasteiger partial charge is 0.318 e. The van der Waals surface area contributed by atoms with Gasteiger partial charge >= 0.3 is 0 Å². The van der Waals surface area contributed by atoms with Crippen LogP contribution in [0.5, 0.6) is 0 Å². The Labute approximate surface area is 188 Å². The van der Waals surface area contributed by atoms with Gasteiger partial charge in [-0.15, -0.1) is 0 Å². The highest BCUT2D eigenvalue weighted by Crippen LogP contribution is 2.38. The summed E-state index contributed by atoms with van der Waals surface area (Å²) in [6.45, 7) is 18.5. The molecule has 0 radical (unpaired) electrons. The Bertz CT molecular complexity index is 364. The van der Waals surface area contributed by atoms with Crippen LogP contribution in [0.2, 0.25) is 0 Å². The van der Waals surface area contributed by atoms with E-state index in [1.165, 1.54) is 77.3 Å². The van der Waals surface area contributed by atoms with Crippen LogP contribution in [0.4, 0.5) is 0 Å². The summed E-state index contributed by atoms with van der Waals surface area (Å²) in [5.74, 6) is 0. The van der Waals surface area contributed by atoms with Crippen LogP contribution in [0.25, 0.3) is 0 Å². The van der Waals surface area contributed by atoms with Gasteiger partial charge in [-0.1, -0.05) is 52.4 Å². The van der Waals surface area contributed by atoms with Gasteiger partial charge in [0.25, 0.3) is 0 Å². The third kappa shape index (κ3) is 13.2. The minimum Gasteiger partial charge on any atom is -0.318 e. The smallest absolute Gasteiger partial charge is 0.0474 e. The fourth-order valence-corrected chi connectivity index (χ4v) is 4.83. The summed E-state index contributed by atoms with van der Waals surface area (Å²) >= 11 is 0. The molecule has 1 aliphatic heterocycles. The molecule has 0 aromatic carbocycles. The molecule has 0 aromatic heterocycles. The molecule has 0 atom stereocenters. The predicted octanol–water partition coefficient (Wildman–Crippen LogP) is 3.71. The van der Waals surface area contributed by atoms with Crippen LogP contribution in [0.15, 0.2) is 0 Å². The Balaban J connectivity index is 0.00000103. The van der Waals surface area contributed by atoms with Crippen molar-refractivity contribution in [2.75, 3.05) is 33.1 Å². The lowest BCUT2D eigenvalue weighted by Gasteiger charge is -2.55. The lowest BCUT2D eigenvalue weighted by molar-refractivity contribution is -0.0414. The normalized spacial score (nSPS) is 18.8. The maximum absolute atomic E-state index is 5.08. The summed E-state index contributed by atoms with van der Waals surface area (Å²) in [6, 6.07) is 0.687. The van der Waals surface area contributed by atoms with Gasteiger partial charge in [-0.3, -0.25) is 15.5 Å². The van der Waals surface area contributed by atoms with Gasteiger partial charge in [0, 0.05) is 37.1 Å². The van der Waals surface area contributed by atoms with Crippen LogP contribution in [-0.2, 0) is 0 Å². The van der Waals surface area contributed by atoms with Gasteiger partial charge in [-0.05, 0) is 66.5 Å². The Morgan fingerprint density at radius 2 is 1.27 bits per heavy atom. The zero-order valence-corrected chi connectivity index (χ0v) is 21.3. The van der Waals surface area contributed by atoms with E-state index in [1.54, 1.807) is 0 Å². The van der Waals surface area contributed by atoms with Gasteiger partial charge in [0.15, 0.2) is 0 Å². The highest BCUT2D eigenvalue weighted by atomic mass is 15.3. The first-order valence-electron chi connectivity index (χ1n) is 12.6. The van der Waals surface area contributed by atoms with E-state index in [2.05, 4.69) is 62.4 Å². The first-order chi connectivity index (χ1) is 14.2. The number of nitrogens with one attached hydrogen (secondary N) is 3. The lowest BCUT2D eigenvalue weighted by atomic mass is 9.76. The summed E-state index contributed by atoms with van der Waals surface area (Å²) < 4.78 is 0. The van der Waals surface area contributed by atoms with E-state index in [9.17, 15) is 0 Å². The first kappa shape index (κ1) is 29.8. The number of hydrogen-bond acceptors (Lipinski definition) is 6. The van der Waals surface area contributed by atoms with Crippen LogP contribution in [0, 0.1) is 0 Å². The summed E-state index contributed by atoms with van der Waals surface area (Å²) in [5, 5.41) is 9.49. The molecule has 30 heavy (non-hydrogen) atoms. The van der Waals surface area contributed by atoms with Gasteiger partial charge in [0.2, 0.25) is 0 Å². The summed E-state index contributed by atoms with van der Waals surface area (Å²) in [7, 11) is 0. The second-order valence-electron chi connectivity index (χ2n) is 10.0. The fourth-order valence-electron chi connectivity index (χ4n) is 4.83. The topological polar surface area (TPSA) is 91.4 Å². The Kier molecular flexibility index (Phi) is 17.2. The molecule has 0 aliphatic carbocycles. The SMILES string of the molecule is CCCCCCCCN1C(C)(C)CC(NCCCC)CC1(C)C.NCNCNCN. The molecule has 0 saturated carbocycles. The summed E-state index contributed by atoms with van der Waals surface area (Å²) in [6.07, 6.45) is 13.5. The number of likely N-dealkylation sites (tertiary alicyclic amines) is 1. The summed E-state index contributed by atoms with van der Waals surface area (Å²) in [4.78, 5) is 2.80. The van der Waals surface area contributed by atoms with E-state index in [1.807, 2.05) is 0 Å². The lowest BCUT2D eigenvalue weighted by Crippen LogP contribution is -2.64. The average Bonchev–Trinajstić information content (AvgIpc) is 2.66. The zero-order chi connectivity index (χ0) is 22.9. The number of rotatable bonds is 15. The van der Waals surface area contributed by atoms with Crippen molar-refractivity contribution < 1.29 is 0 Å². The van der Waals surface area contributed by atoms with Crippen molar-refractivity contribution in [1.82, 2.24) is 20.9 Å². The molecule has 0 aromatic rings. The molecule has 0 spiro atoms. The molecule has 1 saturated heterocycles. The maximum atomic E-state index is 5.08. The number of nitrogens with zero attached hydrogens (tertiary/aromatic N) is 1. The molecular formula is C24H56N6. The highest BCUT2D eigenvalue weighted by Gasteiger charge is 2.44. The Hall–Kier alpha value is -0.240. The fraction of sp³-hybridized carbons (Fsp3) is 1.00. The zero-order valence-electron chi connectivity index (χ0n) is 21.3. The molecular weight excluding hydrogens is 372 g/mol. The second-order valence-corrected chi connectivity index (χ2v) is 10.0. The van der Waals surface area contributed by atoms with Crippen molar-refractivity contribution in [1.29, 1.82) is 0 Å². The molecule has 6 nitrogen and oxygen atoms in total. The Morgan fingerprint density at radius 3 is 1.77 bits per heavy atom. The van der Waals surface area contributed by atoms with E-state index < -0.39 is 0 Å². The monoisotopic (exact) mass is 428 g/mol. The van der Waals surface area contributed by atoms with Gasteiger partial charge < -0.3 is 16.8 Å². The van der Waals surface area contributed by atoms with Crippen molar-refractivity contribution in [3.05, 3.63) is 0 Å². The molecule has 0 bridgehead atoms. The second kappa shape index (κ2) is 17.3. The minimum absolute atomic E-state index is 0.315. The first-order valence-corrected chi connectivity index (χ1v) is 12.6. The number of unbranched alkanes of at least 4 members (excludes halogenated alkanes) is 6. The van der Waals surface area contributed by atoms with Crippen LogP contribution < -0.4 is 27.4 Å². The quantitative estimate of drug-likeness (QED) is 0.202. The third-order valence-electron chi connectivity index (χ3n) is 6.19. The van der Waals surface area contributed by atoms with Crippen molar-refractivity contribution in [3.8, 4) is 0 Å². The van der Waals surface area contributed by atoms with E-state index in [0.29, 0.717) is 37.1 Å². The molecule has 0 amide bonds. The number of hydrogen-bond donors (Lipinski definition) is 5. The maximum Gasteiger partial charge on any atom is 0.0474 e. The van der Waals surface area contributed by atoms with Gasteiger partial charge in [-0.25, -0.2) is 0 Å². The molecule has 7 N–H and O–H groups in total. The van der Waals surface area contributed by atoms with Crippen LogP contribution in [0.3, 0.4) is 0 Å².